The quantitative estimate of drug-likeness (QED) is 0.522. The molecule has 0 bridgehead atoms. The smallest absolute Gasteiger partial charge is 0.0518 e. The first-order valence-electron chi connectivity index (χ1n) is 4.66. The fourth-order valence-corrected chi connectivity index (χ4v) is 1.49. The van der Waals surface area contributed by atoms with Crippen LogP contribution >= 0.6 is 0 Å². The van der Waals surface area contributed by atoms with Crippen LogP contribution in [0.3, 0.4) is 0 Å². The molecule has 0 amide bonds. The van der Waals surface area contributed by atoms with Crippen molar-refractivity contribution in [2.75, 3.05) is 6.54 Å². The first-order chi connectivity index (χ1) is 6.58. The largest absolute Gasteiger partial charge is 0.306 e. The summed E-state index contributed by atoms with van der Waals surface area (Å²) < 4.78 is 0. The summed E-state index contributed by atoms with van der Waals surface area (Å²) in [5.41, 5.74) is 1.50. The van der Waals surface area contributed by atoms with Gasteiger partial charge in [-0.25, -0.2) is 0 Å². The van der Waals surface area contributed by atoms with E-state index in [2.05, 4.69) is 24.6 Å². The summed E-state index contributed by atoms with van der Waals surface area (Å²) in [5, 5.41) is 7.45. The van der Waals surface area contributed by atoms with E-state index in [-0.39, 0.29) is 5.41 Å². The molecule has 1 atom stereocenters. The summed E-state index contributed by atoms with van der Waals surface area (Å²) in [7, 11) is 0. The number of nitrogens with zero attached hydrogens (tertiary/aromatic N) is 1. The van der Waals surface area contributed by atoms with E-state index < -0.39 is 0 Å². The highest BCUT2D eigenvalue weighted by Crippen LogP contribution is 2.31. The molecule has 0 radical (unpaired) electrons. The number of dihydropyridines is 1. The molecule has 0 spiro atoms. The van der Waals surface area contributed by atoms with Crippen molar-refractivity contribution in [1.29, 1.82) is 5.41 Å². The highest BCUT2D eigenvalue weighted by molar-refractivity contribution is 5.91. The monoisotopic (exact) mass is 188 g/mol. The van der Waals surface area contributed by atoms with E-state index >= 15 is 0 Å². The molecule has 1 aliphatic heterocycles. The van der Waals surface area contributed by atoms with E-state index in [4.69, 9.17) is 5.41 Å². The first-order valence-corrected chi connectivity index (χ1v) is 4.66. The predicted molar refractivity (Wildman–Crippen MR) is 62.3 cm³/mol. The van der Waals surface area contributed by atoms with E-state index in [1.165, 1.54) is 0 Å². The summed E-state index contributed by atoms with van der Waals surface area (Å²) in [6.07, 6.45) is 9.51. The second kappa shape index (κ2) is 4.18. The Bertz CT molecular complexity index is 334. The molecule has 0 fully saturated rings. The van der Waals surface area contributed by atoms with Crippen molar-refractivity contribution in [3.05, 3.63) is 36.5 Å². The second-order valence-electron chi connectivity index (χ2n) is 3.75. The van der Waals surface area contributed by atoms with Crippen molar-refractivity contribution in [3.8, 4) is 0 Å². The molecule has 0 aromatic carbocycles. The average Bonchev–Trinajstić information content (AvgIpc) is 2.15. The first kappa shape index (κ1) is 10.6. The molecule has 0 saturated carbocycles. The molecular weight excluding hydrogens is 172 g/mol. The lowest BCUT2D eigenvalue weighted by Crippen LogP contribution is -2.22. The molecule has 2 heteroatoms. The standard InChI is InChI=1S/C12H16N2/c1-4-11(8-10(2)13)12(3)6-5-7-14-9-12/h4-8,13H,1,9H2,2-3H3/b11-8+,13-10?. The van der Waals surface area contributed by atoms with Crippen LogP contribution in [0.4, 0.5) is 0 Å². The third-order valence-electron chi connectivity index (χ3n) is 2.33. The Morgan fingerprint density at radius 3 is 2.79 bits per heavy atom. The van der Waals surface area contributed by atoms with Crippen molar-refractivity contribution in [1.82, 2.24) is 0 Å². The van der Waals surface area contributed by atoms with Crippen molar-refractivity contribution in [2.45, 2.75) is 13.8 Å². The number of aliphatic imine (C=N–C) groups is 1. The van der Waals surface area contributed by atoms with Gasteiger partial charge in [-0.1, -0.05) is 25.7 Å². The van der Waals surface area contributed by atoms with Crippen LogP contribution in [0.2, 0.25) is 0 Å². The van der Waals surface area contributed by atoms with Gasteiger partial charge in [0.25, 0.3) is 0 Å². The van der Waals surface area contributed by atoms with E-state index in [1.807, 2.05) is 18.2 Å². The molecule has 2 nitrogen and oxygen atoms in total. The topological polar surface area (TPSA) is 36.2 Å². The molecule has 1 aliphatic rings. The second-order valence-corrected chi connectivity index (χ2v) is 3.75. The van der Waals surface area contributed by atoms with Gasteiger partial charge in [0.2, 0.25) is 0 Å². The van der Waals surface area contributed by atoms with Crippen LogP contribution in [0.5, 0.6) is 0 Å². The molecule has 1 unspecified atom stereocenters. The van der Waals surface area contributed by atoms with Crippen LogP contribution in [0.25, 0.3) is 0 Å². The van der Waals surface area contributed by atoms with E-state index in [1.54, 1.807) is 13.1 Å². The maximum atomic E-state index is 7.45. The Morgan fingerprint density at radius 1 is 1.64 bits per heavy atom. The lowest BCUT2D eigenvalue weighted by atomic mass is 9.80. The van der Waals surface area contributed by atoms with Gasteiger partial charge in [0.05, 0.1) is 6.54 Å². The van der Waals surface area contributed by atoms with Gasteiger partial charge in [-0.05, 0) is 24.6 Å². The van der Waals surface area contributed by atoms with Crippen LogP contribution in [0.15, 0.2) is 41.4 Å². The number of hydrogen-bond acceptors (Lipinski definition) is 2. The lowest BCUT2D eigenvalue weighted by molar-refractivity contribution is 0.540. The van der Waals surface area contributed by atoms with Gasteiger partial charge in [0, 0.05) is 17.3 Å². The summed E-state index contributed by atoms with van der Waals surface area (Å²) >= 11 is 0. The zero-order chi connectivity index (χ0) is 10.6. The third kappa shape index (κ3) is 2.28. The SMILES string of the molecule is C=C/C(=C\C(C)=N)C1(C)C=CC=NC1. The van der Waals surface area contributed by atoms with Gasteiger partial charge in [-0.15, -0.1) is 0 Å². The van der Waals surface area contributed by atoms with Gasteiger partial charge in [0.1, 0.15) is 0 Å². The summed E-state index contributed by atoms with van der Waals surface area (Å²) in [4.78, 5) is 4.24. The number of hydrogen-bond donors (Lipinski definition) is 1. The Kier molecular flexibility index (Phi) is 3.18. The lowest BCUT2D eigenvalue weighted by Gasteiger charge is -2.27. The Hall–Kier alpha value is -1.44. The number of rotatable bonds is 3. The van der Waals surface area contributed by atoms with Crippen molar-refractivity contribution < 1.29 is 0 Å². The molecule has 0 aromatic heterocycles. The summed E-state index contributed by atoms with van der Waals surface area (Å²) in [6.45, 7) is 8.39. The van der Waals surface area contributed by atoms with E-state index in [0.29, 0.717) is 5.71 Å². The van der Waals surface area contributed by atoms with Crippen LogP contribution in [-0.4, -0.2) is 18.5 Å². The Labute approximate surface area is 85.3 Å². The molecule has 1 rings (SSSR count). The normalized spacial score (nSPS) is 26.3. The molecule has 74 valence electrons. The minimum Gasteiger partial charge on any atom is -0.306 e. The highest BCUT2D eigenvalue weighted by Gasteiger charge is 2.24. The van der Waals surface area contributed by atoms with Gasteiger partial charge in [-0.3, -0.25) is 4.99 Å². The zero-order valence-corrected chi connectivity index (χ0v) is 8.75. The predicted octanol–water partition coefficient (Wildman–Crippen LogP) is 2.79. The maximum Gasteiger partial charge on any atom is 0.0518 e. The fraction of sp³-hybridized carbons (Fsp3) is 0.333. The average molecular weight is 188 g/mol. The molecule has 0 saturated heterocycles. The van der Waals surface area contributed by atoms with Crippen molar-refractivity contribution >= 4 is 11.9 Å². The fourth-order valence-electron chi connectivity index (χ4n) is 1.49. The summed E-state index contributed by atoms with van der Waals surface area (Å²) in [6, 6.07) is 0. The number of nitrogens with one attached hydrogen (secondary N) is 1. The number of allylic oxidation sites excluding steroid dienone is 3. The van der Waals surface area contributed by atoms with E-state index in [9.17, 15) is 0 Å². The van der Waals surface area contributed by atoms with Gasteiger partial charge >= 0.3 is 0 Å². The molecule has 0 aliphatic carbocycles. The van der Waals surface area contributed by atoms with Crippen LogP contribution in [0.1, 0.15) is 13.8 Å². The zero-order valence-electron chi connectivity index (χ0n) is 8.75. The molecule has 0 aromatic rings. The highest BCUT2D eigenvalue weighted by atomic mass is 14.7. The van der Waals surface area contributed by atoms with Gasteiger partial charge in [-0.2, -0.15) is 0 Å². The molecule has 1 N–H and O–H groups in total. The minimum absolute atomic E-state index is 0.0984. The molecular formula is C12H16N2. The maximum absolute atomic E-state index is 7.45. The van der Waals surface area contributed by atoms with Crippen molar-refractivity contribution in [3.63, 3.8) is 0 Å². The Balaban J connectivity index is 3.00. The molecule has 14 heavy (non-hydrogen) atoms. The van der Waals surface area contributed by atoms with Gasteiger partial charge in [0.15, 0.2) is 0 Å². The van der Waals surface area contributed by atoms with E-state index in [0.717, 1.165) is 12.1 Å². The van der Waals surface area contributed by atoms with Crippen LogP contribution in [0, 0.1) is 10.8 Å². The van der Waals surface area contributed by atoms with Crippen molar-refractivity contribution in [2.24, 2.45) is 10.4 Å². The molecule has 1 heterocycles. The van der Waals surface area contributed by atoms with Crippen LogP contribution < -0.4 is 0 Å². The third-order valence-corrected chi connectivity index (χ3v) is 2.33. The summed E-state index contributed by atoms with van der Waals surface area (Å²) in [5.74, 6) is 0. The minimum atomic E-state index is -0.0984. The Morgan fingerprint density at radius 2 is 2.36 bits per heavy atom. The van der Waals surface area contributed by atoms with Gasteiger partial charge < -0.3 is 5.41 Å². The van der Waals surface area contributed by atoms with Crippen LogP contribution in [-0.2, 0) is 0 Å².